The Hall–Kier alpha value is -1.06. The summed E-state index contributed by atoms with van der Waals surface area (Å²) < 4.78 is 5.74. The number of hydrogen-bond acceptors (Lipinski definition) is 3. The summed E-state index contributed by atoms with van der Waals surface area (Å²) in [5, 5.41) is 8.71. The molecule has 0 saturated carbocycles. The van der Waals surface area contributed by atoms with Crippen LogP contribution in [-0.4, -0.2) is 23.1 Å². The predicted molar refractivity (Wildman–Crippen MR) is 135 cm³/mol. The summed E-state index contributed by atoms with van der Waals surface area (Å²) in [6.45, 7) is 4.42. The van der Waals surface area contributed by atoms with Crippen LogP contribution in [0, 0.1) is 0 Å². The maximum atomic E-state index is 12.2. The van der Waals surface area contributed by atoms with Crippen LogP contribution in [0.25, 0.3) is 0 Å². The van der Waals surface area contributed by atoms with Gasteiger partial charge in [0.05, 0.1) is 0 Å². The molecule has 190 valence electrons. The van der Waals surface area contributed by atoms with Gasteiger partial charge in [0, 0.05) is 12.8 Å². The van der Waals surface area contributed by atoms with Crippen LogP contribution in [0.4, 0.5) is 0 Å². The predicted octanol–water partition coefficient (Wildman–Crippen LogP) is 8.99. The average Bonchev–Trinajstić information content (AvgIpc) is 2.77. The number of esters is 1. The lowest BCUT2D eigenvalue weighted by Gasteiger charge is -2.17. The quantitative estimate of drug-likeness (QED) is 0.110. The van der Waals surface area contributed by atoms with Crippen LogP contribution in [0.1, 0.15) is 162 Å². The third-order valence-electron chi connectivity index (χ3n) is 6.33. The molecule has 0 aromatic rings. The van der Waals surface area contributed by atoms with E-state index >= 15 is 0 Å². The van der Waals surface area contributed by atoms with Gasteiger partial charge in [-0.1, -0.05) is 117 Å². The zero-order chi connectivity index (χ0) is 23.7. The molecule has 0 rings (SSSR count). The molecule has 1 unspecified atom stereocenters. The number of aliphatic carboxylic acids is 1. The lowest BCUT2D eigenvalue weighted by Crippen LogP contribution is -2.18. The van der Waals surface area contributed by atoms with Gasteiger partial charge in [-0.05, 0) is 32.1 Å². The fourth-order valence-corrected chi connectivity index (χ4v) is 4.23. The van der Waals surface area contributed by atoms with Crippen molar-refractivity contribution < 1.29 is 19.4 Å². The summed E-state index contributed by atoms with van der Waals surface area (Å²) in [7, 11) is 0. The average molecular weight is 455 g/mol. The van der Waals surface area contributed by atoms with Gasteiger partial charge in [-0.25, -0.2) is 0 Å². The van der Waals surface area contributed by atoms with E-state index in [0.717, 1.165) is 51.4 Å². The summed E-state index contributed by atoms with van der Waals surface area (Å²) in [6.07, 6.45) is 25.8. The number of hydrogen-bond donors (Lipinski definition) is 1. The fraction of sp³-hybridized carbons (Fsp3) is 0.929. The van der Waals surface area contributed by atoms with Gasteiger partial charge >= 0.3 is 11.9 Å². The Morgan fingerprint density at radius 3 is 1.47 bits per heavy atom. The first-order valence-electron chi connectivity index (χ1n) is 14.0. The second kappa shape index (κ2) is 24.6. The number of carbonyl (C=O) groups is 2. The normalized spacial score (nSPS) is 12.1. The van der Waals surface area contributed by atoms with E-state index in [9.17, 15) is 9.59 Å². The number of unbranched alkanes of at least 4 members (excludes halogenated alkanes) is 16. The van der Waals surface area contributed by atoms with Crippen molar-refractivity contribution in [2.24, 2.45) is 0 Å². The van der Waals surface area contributed by atoms with E-state index in [2.05, 4.69) is 13.8 Å². The van der Waals surface area contributed by atoms with Crippen molar-refractivity contribution in [3.05, 3.63) is 0 Å². The van der Waals surface area contributed by atoms with Crippen LogP contribution in [0.3, 0.4) is 0 Å². The highest BCUT2D eigenvalue weighted by Crippen LogP contribution is 2.17. The fourth-order valence-electron chi connectivity index (χ4n) is 4.23. The van der Waals surface area contributed by atoms with Crippen molar-refractivity contribution in [3.63, 3.8) is 0 Å². The Morgan fingerprint density at radius 1 is 0.562 bits per heavy atom. The molecule has 0 bridgehead atoms. The molecule has 1 atom stereocenters. The smallest absolute Gasteiger partial charge is 0.306 e. The minimum Gasteiger partial charge on any atom is -0.481 e. The van der Waals surface area contributed by atoms with Crippen LogP contribution in [-0.2, 0) is 14.3 Å². The maximum Gasteiger partial charge on any atom is 0.306 e. The van der Waals surface area contributed by atoms with Crippen molar-refractivity contribution in [1.82, 2.24) is 0 Å². The number of rotatable bonds is 25. The SMILES string of the molecule is CCCCCCCCCCCCCCCCC(=O)OC(CCCC)CCCCCC(=O)O. The second-order valence-electron chi connectivity index (χ2n) is 9.59. The molecule has 4 nitrogen and oxygen atoms in total. The zero-order valence-electron chi connectivity index (χ0n) is 21.5. The molecule has 0 radical (unpaired) electrons. The van der Waals surface area contributed by atoms with Gasteiger partial charge in [-0.3, -0.25) is 9.59 Å². The minimum atomic E-state index is -0.730. The second-order valence-corrected chi connectivity index (χ2v) is 9.59. The molecule has 4 heteroatoms. The number of carbonyl (C=O) groups excluding carboxylic acids is 1. The topological polar surface area (TPSA) is 63.6 Å². The molecular formula is C28H54O4. The number of carboxylic acid groups (broad SMARTS) is 1. The third-order valence-corrected chi connectivity index (χ3v) is 6.33. The third kappa shape index (κ3) is 23.6. The summed E-state index contributed by atoms with van der Waals surface area (Å²) in [5.74, 6) is -0.775. The lowest BCUT2D eigenvalue weighted by atomic mass is 10.0. The van der Waals surface area contributed by atoms with Crippen molar-refractivity contribution >= 4 is 11.9 Å². The largest absolute Gasteiger partial charge is 0.481 e. The molecular weight excluding hydrogens is 400 g/mol. The number of ether oxygens (including phenoxy) is 1. The van der Waals surface area contributed by atoms with E-state index in [0.29, 0.717) is 12.8 Å². The van der Waals surface area contributed by atoms with Crippen molar-refractivity contribution in [1.29, 1.82) is 0 Å². The molecule has 0 heterocycles. The molecule has 0 aromatic heterocycles. The van der Waals surface area contributed by atoms with Crippen molar-refractivity contribution in [2.45, 2.75) is 168 Å². The molecule has 0 amide bonds. The first-order valence-corrected chi connectivity index (χ1v) is 14.0. The van der Waals surface area contributed by atoms with Crippen LogP contribution in [0.2, 0.25) is 0 Å². The minimum absolute atomic E-state index is 0.0129. The van der Waals surface area contributed by atoms with Gasteiger partial charge in [0.1, 0.15) is 6.10 Å². The Labute approximate surface area is 199 Å². The van der Waals surface area contributed by atoms with Crippen molar-refractivity contribution in [3.8, 4) is 0 Å². The Balaban J connectivity index is 3.61. The summed E-state index contributed by atoms with van der Waals surface area (Å²) in [5.41, 5.74) is 0. The highest BCUT2D eigenvalue weighted by atomic mass is 16.5. The monoisotopic (exact) mass is 454 g/mol. The summed E-state index contributed by atoms with van der Waals surface area (Å²) >= 11 is 0. The van der Waals surface area contributed by atoms with E-state index in [-0.39, 0.29) is 18.5 Å². The standard InChI is InChI=1S/C28H54O4/c1-3-5-7-8-9-10-11-12-13-14-15-16-17-21-25-28(31)32-26(22-6-4-2)23-19-18-20-24-27(29)30/h26H,3-25H2,1-2H3,(H,29,30). The van der Waals surface area contributed by atoms with E-state index in [1.165, 1.54) is 77.0 Å². The van der Waals surface area contributed by atoms with E-state index in [1.807, 2.05) is 0 Å². The Bertz CT molecular complexity index is 422. The van der Waals surface area contributed by atoms with Crippen LogP contribution >= 0.6 is 0 Å². The maximum absolute atomic E-state index is 12.2. The molecule has 0 saturated heterocycles. The van der Waals surface area contributed by atoms with Gasteiger partial charge in [0.25, 0.3) is 0 Å². The van der Waals surface area contributed by atoms with Gasteiger partial charge in [-0.2, -0.15) is 0 Å². The van der Waals surface area contributed by atoms with Gasteiger partial charge < -0.3 is 9.84 Å². The molecule has 0 spiro atoms. The molecule has 0 aliphatic heterocycles. The Morgan fingerprint density at radius 2 is 0.969 bits per heavy atom. The Kier molecular flexibility index (Phi) is 23.8. The number of carboxylic acids is 1. The zero-order valence-corrected chi connectivity index (χ0v) is 21.5. The van der Waals surface area contributed by atoms with Crippen LogP contribution in [0.5, 0.6) is 0 Å². The molecule has 1 N–H and O–H groups in total. The molecule has 32 heavy (non-hydrogen) atoms. The highest BCUT2D eigenvalue weighted by Gasteiger charge is 2.14. The lowest BCUT2D eigenvalue weighted by molar-refractivity contribution is -0.150. The summed E-state index contributed by atoms with van der Waals surface area (Å²) in [4.78, 5) is 22.8. The van der Waals surface area contributed by atoms with Gasteiger partial charge in [0.2, 0.25) is 0 Å². The molecule has 0 aliphatic carbocycles. The van der Waals surface area contributed by atoms with Crippen LogP contribution in [0.15, 0.2) is 0 Å². The van der Waals surface area contributed by atoms with E-state index < -0.39 is 5.97 Å². The molecule has 0 aliphatic rings. The summed E-state index contributed by atoms with van der Waals surface area (Å²) in [6, 6.07) is 0. The highest BCUT2D eigenvalue weighted by molar-refractivity contribution is 5.69. The van der Waals surface area contributed by atoms with Gasteiger partial charge in [0.15, 0.2) is 0 Å². The molecule has 0 aromatic carbocycles. The van der Waals surface area contributed by atoms with Gasteiger partial charge in [-0.15, -0.1) is 0 Å². The molecule has 0 fully saturated rings. The van der Waals surface area contributed by atoms with Crippen LogP contribution < -0.4 is 0 Å². The van der Waals surface area contributed by atoms with E-state index in [4.69, 9.17) is 9.84 Å². The first-order chi connectivity index (χ1) is 15.6. The van der Waals surface area contributed by atoms with Crippen molar-refractivity contribution in [2.75, 3.05) is 0 Å². The first kappa shape index (κ1) is 30.9. The van der Waals surface area contributed by atoms with E-state index in [1.54, 1.807) is 0 Å².